The number of methoxy groups -OCH3 is 2. The second-order valence-electron chi connectivity index (χ2n) is 7.11. The lowest BCUT2D eigenvalue weighted by Crippen LogP contribution is -2.31. The Morgan fingerprint density at radius 3 is 2.44 bits per heavy atom. The Hall–Kier alpha value is -3.77. The van der Waals surface area contributed by atoms with Crippen LogP contribution < -0.4 is 14.8 Å². The number of fused-ring (bicyclic) bond motifs is 1. The van der Waals surface area contributed by atoms with Crippen LogP contribution in [0, 0.1) is 0 Å². The molecule has 1 amide bonds. The fraction of sp³-hybridized carbons (Fsp3) is 0.120. The molecule has 32 heavy (non-hydrogen) atoms. The van der Waals surface area contributed by atoms with E-state index < -0.39 is 11.7 Å². The van der Waals surface area contributed by atoms with E-state index >= 15 is 0 Å². The molecule has 0 bridgehead atoms. The number of nitrogens with zero attached hydrogens (tertiary/aromatic N) is 1. The lowest BCUT2D eigenvalue weighted by molar-refractivity contribution is -0.117. The normalized spacial score (nSPS) is 10.7. The maximum absolute atomic E-state index is 13.2. The van der Waals surface area contributed by atoms with Crippen LogP contribution in [0.2, 0.25) is 5.02 Å². The van der Waals surface area contributed by atoms with Crippen LogP contribution in [0.25, 0.3) is 16.6 Å². The van der Waals surface area contributed by atoms with Crippen molar-refractivity contribution in [3.8, 4) is 22.6 Å². The van der Waals surface area contributed by atoms with E-state index in [1.165, 1.54) is 7.11 Å². The van der Waals surface area contributed by atoms with Crippen molar-refractivity contribution >= 4 is 28.8 Å². The van der Waals surface area contributed by atoms with Gasteiger partial charge < -0.3 is 19.2 Å². The van der Waals surface area contributed by atoms with Crippen LogP contribution in [0.15, 0.2) is 72.9 Å². The van der Waals surface area contributed by atoms with Gasteiger partial charge in [0.05, 0.1) is 19.2 Å². The molecule has 0 saturated carbocycles. The number of ketones is 1. The summed E-state index contributed by atoms with van der Waals surface area (Å²) in [4.78, 5) is 26.0. The zero-order valence-electron chi connectivity index (χ0n) is 17.6. The number of carbonyl (C=O) groups excluding carboxylic acids is 2. The number of halogens is 1. The molecule has 0 unspecified atom stereocenters. The van der Waals surface area contributed by atoms with Gasteiger partial charge in [-0.05, 0) is 53.6 Å². The number of carbonyl (C=O) groups is 2. The van der Waals surface area contributed by atoms with Crippen LogP contribution in [0.5, 0.6) is 11.5 Å². The zero-order valence-corrected chi connectivity index (χ0v) is 18.3. The molecule has 7 heteroatoms. The number of nitrogens with one attached hydrogen (secondary N) is 1. The Morgan fingerprint density at radius 1 is 0.969 bits per heavy atom. The highest BCUT2D eigenvalue weighted by molar-refractivity contribution is 6.43. The number of aromatic nitrogens is 1. The number of Topliss-reactive ketones (excluding diaryl/α,β-unsaturated/α-hetero) is 1. The van der Waals surface area contributed by atoms with Crippen molar-refractivity contribution in [3.05, 3.63) is 89.2 Å². The van der Waals surface area contributed by atoms with E-state index in [0.717, 1.165) is 16.8 Å². The standard InChI is InChI=1S/C25H21ClN2O4/c1-31-19-9-6-16(7-10-19)15-27-25(30)24(29)23-20(14-18-5-3-4-12-28(18)23)17-8-11-22(32-2)21(26)13-17/h3-14H,15H2,1-2H3,(H,27,30). The molecule has 0 fully saturated rings. The minimum absolute atomic E-state index is 0.224. The average molecular weight is 449 g/mol. The largest absolute Gasteiger partial charge is 0.497 e. The molecular weight excluding hydrogens is 428 g/mol. The van der Waals surface area contributed by atoms with Crippen LogP contribution in [0.1, 0.15) is 16.1 Å². The lowest BCUT2D eigenvalue weighted by Gasteiger charge is -2.09. The first-order valence-electron chi connectivity index (χ1n) is 9.91. The van der Waals surface area contributed by atoms with Gasteiger partial charge in [0.1, 0.15) is 17.2 Å². The first-order chi connectivity index (χ1) is 15.5. The summed E-state index contributed by atoms with van der Waals surface area (Å²) < 4.78 is 12.1. The minimum Gasteiger partial charge on any atom is -0.497 e. The summed E-state index contributed by atoms with van der Waals surface area (Å²) >= 11 is 6.31. The van der Waals surface area contributed by atoms with Crippen molar-refractivity contribution in [2.45, 2.75) is 6.54 Å². The Kier molecular flexibility index (Phi) is 6.14. The van der Waals surface area contributed by atoms with E-state index in [-0.39, 0.29) is 12.2 Å². The molecule has 1 N–H and O–H groups in total. The summed E-state index contributed by atoms with van der Waals surface area (Å²) in [7, 11) is 3.13. The molecule has 0 saturated heterocycles. The summed E-state index contributed by atoms with van der Waals surface area (Å²) in [6, 6.07) is 20.0. The van der Waals surface area contributed by atoms with E-state index in [2.05, 4.69) is 5.32 Å². The van der Waals surface area contributed by atoms with Crippen LogP contribution in [-0.2, 0) is 11.3 Å². The van der Waals surface area contributed by atoms with Gasteiger partial charge in [0.2, 0.25) is 0 Å². The van der Waals surface area contributed by atoms with E-state index in [1.807, 2.05) is 42.5 Å². The molecule has 2 aromatic carbocycles. The summed E-state index contributed by atoms with van der Waals surface area (Å²) in [6.07, 6.45) is 1.76. The van der Waals surface area contributed by atoms with Crippen LogP contribution >= 0.6 is 11.6 Å². The SMILES string of the molecule is COc1ccc(CNC(=O)C(=O)c2c(-c3ccc(OC)c(Cl)c3)cc3ccccn23)cc1. The monoisotopic (exact) mass is 448 g/mol. The van der Waals surface area contributed by atoms with Crippen molar-refractivity contribution in [1.29, 1.82) is 0 Å². The van der Waals surface area contributed by atoms with E-state index in [9.17, 15) is 9.59 Å². The third kappa shape index (κ3) is 4.18. The van der Waals surface area contributed by atoms with E-state index in [0.29, 0.717) is 21.9 Å². The number of benzene rings is 2. The number of hydrogen-bond acceptors (Lipinski definition) is 4. The molecule has 2 aromatic heterocycles. The summed E-state index contributed by atoms with van der Waals surface area (Å²) in [5.74, 6) is -0.0694. The molecule has 4 rings (SSSR count). The summed E-state index contributed by atoms with van der Waals surface area (Å²) in [5.41, 5.74) is 3.25. The Bertz CT molecular complexity index is 1300. The predicted molar refractivity (Wildman–Crippen MR) is 124 cm³/mol. The fourth-order valence-corrected chi connectivity index (χ4v) is 3.78. The van der Waals surface area contributed by atoms with Gasteiger partial charge in [0.25, 0.3) is 11.7 Å². The van der Waals surface area contributed by atoms with Crippen molar-refractivity contribution in [1.82, 2.24) is 9.72 Å². The number of ether oxygens (including phenoxy) is 2. The zero-order chi connectivity index (χ0) is 22.7. The second-order valence-corrected chi connectivity index (χ2v) is 7.52. The van der Waals surface area contributed by atoms with Crippen LogP contribution in [0.4, 0.5) is 0 Å². The van der Waals surface area contributed by atoms with E-state index in [1.54, 1.807) is 42.0 Å². The predicted octanol–water partition coefficient (Wildman–Crippen LogP) is 4.78. The molecular formula is C25H21ClN2O4. The molecule has 4 aromatic rings. The number of pyridine rings is 1. The first kappa shape index (κ1) is 21.5. The fourth-order valence-electron chi connectivity index (χ4n) is 3.52. The van der Waals surface area contributed by atoms with Crippen molar-refractivity contribution < 1.29 is 19.1 Å². The highest BCUT2D eigenvalue weighted by Gasteiger charge is 2.25. The maximum Gasteiger partial charge on any atom is 0.294 e. The highest BCUT2D eigenvalue weighted by Crippen LogP contribution is 2.34. The molecule has 2 heterocycles. The van der Waals surface area contributed by atoms with Crippen LogP contribution in [-0.4, -0.2) is 30.3 Å². The topological polar surface area (TPSA) is 69.0 Å². The van der Waals surface area contributed by atoms with Crippen LogP contribution in [0.3, 0.4) is 0 Å². The smallest absolute Gasteiger partial charge is 0.294 e. The van der Waals surface area contributed by atoms with Gasteiger partial charge in [0.15, 0.2) is 0 Å². The van der Waals surface area contributed by atoms with Gasteiger partial charge in [-0.15, -0.1) is 0 Å². The molecule has 162 valence electrons. The Labute approximate surface area is 190 Å². The molecule has 0 spiro atoms. The number of amides is 1. The average Bonchev–Trinajstić information content (AvgIpc) is 3.22. The van der Waals surface area contributed by atoms with E-state index in [4.69, 9.17) is 21.1 Å². The van der Waals surface area contributed by atoms with Gasteiger partial charge in [0, 0.05) is 23.8 Å². The third-order valence-electron chi connectivity index (χ3n) is 5.18. The van der Waals surface area contributed by atoms with Gasteiger partial charge in [-0.1, -0.05) is 35.9 Å². The Balaban J connectivity index is 1.66. The van der Waals surface area contributed by atoms with Gasteiger partial charge >= 0.3 is 0 Å². The second kappa shape index (κ2) is 9.16. The molecule has 0 atom stereocenters. The van der Waals surface area contributed by atoms with Crippen molar-refractivity contribution in [2.75, 3.05) is 14.2 Å². The molecule has 6 nitrogen and oxygen atoms in total. The first-order valence-corrected chi connectivity index (χ1v) is 10.3. The Morgan fingerprint density at radius 2 is 1.75 bits per heavy atom. The lowest BCUT2D eigenvalue weighted by atomic mass is 10.0. The quantitative estimate of drug-likeness (QED) is 0.326. The molecule has 0 aliphatic carbocycles. The highest BCUT2D eigenvalue weighted by atomic mass is 35.5. The van der Waals surface area contributed by atoms with Gasteiger partial charge in [-0.2, -0.15) is 0 Å². The molecule has 0 radical (unpaired) electrons. The third-order valence-corrected chi connectivity index (χ3v) is 5.47. The molecule has 0 aliphatic heterocycles. The number of rotatable bonds is 7. The summed E-state index contributed by atoms with van der Waals surface area (Å²) in [5, 5.41) is 3.13. The van der Waals surface area contributed by atoms with Gasteiger partial charge in [-0.3, -0.25) is 9.59 Å². The minimum atomic E-state index is -0.689. The maximum atomic E-state index is 13.2. The number of hydrogen-bond donors (Lipinski definition) is 1. The van der Waals surface area contributed by atoms with Crippen molar-refractivity contribution in [2.24, 2.45) is 0 Å². The van der Waals surface area contributed by atoms with Crippen molar-refractivity contribution in [3.63, 3.8) is 0 Å². The van der Waals surface area contributed by atoms with Gasteiger partial charge in [-0.25, -0.2) is 0 Å². The summed E-state index contributed by atoms with van der Waals surface area (Å²) in [6.45, 7) is 0.224. The molecule has 0 aliphatic rings.